The first-order chi connectivity index (χ1) is 7.29. The van der Waals surface area contributed by atoms with Crippen LogP contribution in [0, 0.1) is 0 Å². The van der Waals surface area contributed by atoms with Gasteiger partial charge in [-0.1, -0.05) is 0 Å². The van der Waals surface area contributed by atoms with Gasteiger partial charge in [0.25, 0.3) is 0 Å². The highest BCUT2D eigenvalue weighted by Gasteiger charge is 2.18. The Labute approximate surface area is 94.0 Å². The third-order valence-corrected chi connectivity index (χ3v) is 3.01. The van der Waals surface area contributed by atoms with E-state index in [2.05, 4.69) is 38.6 Å². The lowest BCUT2D eigenvalue weighted by atomic mass is 10.2. The summed E-state index contributed by atoms with van der Waals surface area (Å²) < 4.78 is 0. The zero-order chi connectivity index (χ0) is 10.7. The summed E-state index contributed by atoms with van der Waals surface area (Å²) in [7, 11) is 0. The van der Waals surface area contributed by atoms with Crippen LogP contribution in [0.15, 0.2) is 0 Å². The molecule has 1 aliphatic rings. The molecule has 1 saturated heterocycles. The van der Waals surface area contributed by atoms with E-state index in [1.807, 2.05) is 0 Å². The predicted octanol–water partition coefficient (Wildman–Crippen LogP) is 0.466. The largest absolute Gasteiger partial charge is 0.337 e. The van der Waals surface area contributed by atoms with E-state index in [4.69, 9.17) is 0 Å². The van der Waals surface area contributed by atoms with Crippen LogP contribution in [-0.4, -0.2) is 47.1 Å². The van der Waals surface area contributed by atoms with Crippen LogP contribution >= 0.6 is 11.8 Å². The Morgan fingerprint density at radius 1 is 1.60 bits per heavy atom. The minimum absolute atomic E-state index is 0.515. The molecule has 0 aliphatic carbocycles. The molecule has 2 heterocycles. The third-order valence-electron chi connectivity index (χ3n) is 2.45. The second-order valence-corrected chi connectivity index (χ2v) is 4.68. The predicted molar refractivity (Wildman–Crippen MR) is 63.3 cm³/mol. The Kier molecular flexibility index (Phi) is 3.48. The van der Waals surface area contributed by atoms with Gasteiger partial charge >= 0.3 is 0 Å². The standard InChI is InChI=1S/C9H17N5S/c1-7-5-14(4-3-10-7)9-11-8(6-15-2)12-13-9/h7,10H,3-6H2,1-2H3,(H,11,12,13). The first kappa shape index (κ1) is 10.8. The van der Waals surface area contributed by atoms with Crippen LogP contribution in [0.25, 0.3) is 0 Å². The van der Waals surface area contributed by atoms with E-state index < -0.39 is 0 Å². The lowest BCUT2D eigenvalue weighted by Gasteiger charge is -2.30. The normalized spacial score (nSPS) is 22.0. The molecule has 1 aromatic heterocycles. The fraction of sp³-hybridized carbons (Fsp3) is 0.778. The Morgan fingerprint density at radius 3 is 3.20 bits per heavy atom. The summed E-state index contributed by atoms with van der Waals surface area (Å²) in [6.45, 7) is 5.16. The van der Waals surface area contributed by atoms with Gasteiger partial charge in [-0.25, -0.2) is 0 Å². The Morgan fingerprint density at radius 2 is 2.47 bits per heavy atom. The minimum atomic E-state index is 0.515. The summed E-state index contributed by atoms with van der Waals surface area (Å²) in [5.74, 6) is 2.70. The highest BCUT2D eigenvalue weighted by molar-refractivity contribution is 7.97. The van der Waals surface area contributed by atoms with E-state index in [-0.39, 0.29) is 0 Å². The summed E-state index contributed by atoms with van der Waals surface area (Å²) in [6, 6.07) is 0.515. The molecule has 0 spiro atoms. The molecule has 6 heteroatoms. The second kappa shape index (κ2) is 4.85. The van der Waals surface area contributed by atoms with E-state index in [0.29, 0.717) is 6.04 Å². The topological polar surface area (TPSA) is 56.8 Å². The molecule has 2 N–H and O–H groups in total. The van der Waals surface area contributed by atoms with Crippen molar-refractivity contribution >= 4 is 17.7 Å². The molecule has 0 aromatic carbocycles. The van der Waals surface area contributed by atoms with Crippen LogP contribution in [0.1, 0.15) is 12.7 Å². The molecular formula is C9H17N5S. The first-order valence-corrected chi connectivity index (χ1v) is 6.57. The molecule has 1 fully saturated rings. The van der Waals surface area contributed by atoms with Gasteiger partial charge in [0.1, 0.15) is 5.82 Å². The van der Waals surface area contributed by atoms with Gasteiger partial charge in [-0.3, -0.25) is 5.10 Å². The van der Waals surface area contributed by atoms with Gasteiger partial charge in [-0.2, -0.15) is 16.7 Å². The lowest BCUT2D eigenvalue weighted by molar-refractivity contribution is 0.480. The molecule has 84 valence electrons. The smallest absolute Gasteiger partial charge is 0.244 e. The lowest BCUT2D eigenvalue weighted by Crippen LogP contribution is -2.49. The number of nitrogens with zero attached hydrogens (tertiary/aromatic N) is 3. The molecule has 1 unspecified atom stereocenters. The number of anilines is 1. The zero-order valence-electron chi connectivity index (χ0n) is 9.16. The molecule has 15 heavy (non-hydrogen) atoms. The maximum absolute atomic E-state index is 4.47. The van der Waals surface area contributed by atoms with Crippen molar-refractivity contribution in [3.05, 3.63) is 5.82 Å². The number of aromatic amines is 1. The molecule has 0 bridgehead atoms. The van der Waals surface area contributed by atoms with Gasteiger partial charge in [0.15, 0.2) is 0 Å². The minimum Gasteiger partial charge on any atom is -0.337 e. The number of thioether (sulfide) groups is 1. The molecule has 1 atom stereocenters. The SMILES string of the molecule is CSCc1nc(N2CCNC(C)C2)n[nH]1. The number of aromatic nitrogens is 3. The molecule has 1 aliphatic heterocycles. The zero-order valence-corrected chi connectivity index (χ0v) is 9.97. The molecule has 2 rings (SSSR count). The van der Waals surface area contributed by atoms with Crippen molar-refractivity contribution in [1.82, 2.24) is 20.5 Å². The molecule has 0 amide bonds. The number of hydrogen-bond donors (Lipinski definition) is 2. The summed E-state index contributed by atoms with van der Waals surface area (Å²) in [6.07, 6.45) is 2.06. The fourth-order valence-corrected chi connectivity index (χ4v) is 2.14. The van der Waals surface area contributed by atoms with Gasteiger partial charge in [-0.05, 0) is 13.2 Å². The average Bonchev–Trinajstić information content (AvgIpc) is 2.67. The van der Waals surface area contributed by atoms with Gasteiger partial charge in [0, 0.05) is 25.7 Å². The van der Waals surface area contributed by atoms with Crippen LogP contribution in [0.4, 0.5) is 5.95 Å². The van der Waals surface area contributed by atoms with Gasteiger partial charge in [0.2, 0.25) is 5.95 Å². The summed E-state index contributed by atoms with van der Waals surface area (Å²) in [5, 5.41) is 10.6. The van der Waals surface area contributed by atoms with Crippen LogP contribution in [0.3, 0.4) is 0 Å². The van der Waals surface area contributed by atoms with Gasteiger partial charge < -0.3 is 10.2 Å². The van der Waals surface area contributed by atoms with Crippen molar-refractivity contribution in [3.63, 3.8) is 0 Å². The average molecular weight is 227 g/mol. The number of hydrogen-bond acceptors (Lipinski definition) is 5. The van der Waals surface area contributed by atoms with Crippen LogP contribution in [-0.2, 0) is 5.75 Å². The van der Waals surface area contributed by atoms with Crippen LogP contribution in [0.5, 0.6) is 0 Å². The first-order valence-electron chi connectivity index (χ1n) is 5.18. The van der Waals surface area contributed by atoms with E-state index in [1.165, 1.54) is 0 Å². The quantitative estimate of drug-likeness (QED) is 0.786. The number of nitrogens with one attached hydrogen (secondary N) is 2. The molecular weight excluding hydrogens is 210 g/mol. The summed E-state index contributed by atoms with van der Waals surface area (Å²) in [4.78, 5) is 6.69. The van der Waals surface area contributed by atoms with Crippen molar-refractivity contribution in [2.24, 2.45) is 0 Å². The maximum atomic E-state index is 4.47. The highest BCUT2D eigenvalue weighted by Crippen LogP contribution is 2.12. The molecule has 0 radical (unpaired) electrons. The van der Waals surface area contributed by atoms with Gasteiger partial charge in [-0.15, -0.1) is 5.10 Å². The summed E-state index contributed by atoms with van der Waals surface area (Å²) in [5.41, 5.74) is 0. The van der Waals surface area contributed by atoms with Crippen molar-refractivity contribution in [3.8, 4) is 0 Å². The Balaban J connectivity index is 2.01. The molecule has 0 saturated carbocycles. The highest BCUT2D eigenvalue weighted by atomic mass is 32.2. The van der Waals surface area contributed by atoms with Gasteiger partial charge in [0.05, 0.1) is 5.75 Å². The monoisotopic (exact) mass is 227 g/mol. The van der Waals surface area contributed by atoms with E-state index in [9.17, 15) is 0 Å². The Bertz CT molecular complexity index is 313. The van der Waals surface area contributed by atoms with Crippen molar-refractivity contribution in [2.75, 3.05) is 30.8 Å². The van der Waals surface area contributed by atoms with Crippen molar-refractivity contribution < 1.29 is 0 Å². The molecule has 1 aromatic rings. The van der Waals surface area contributed by atoms with Crippen LogP contribution in [0.2, 0.25) is 0 Å². The number of piperazine rings is 1. The second-order valence-electron chi connectivity index (χ2n) is 3.82. The molecule has 5 nitrogen and oxygen atoms in total. The number of rotatable bonds is 3. The number of H-pyrrole nitrogens is 1. The van der Waals surface area contributed by atoms with Crippen molar-refractivity contribution in [2.45, 2.75) is 18.7 Å². The van der Waals surface area contributed by atoms with Crippen LogP contribution < -0.4 is 10.2 Å². The van der Waals surface area contributed by atoms with Crippen molar-refractivity contribution in [1.29, 1.82) is 0 Å². The van der Waals surface area contributed by atoms with E-state index >= 15 is 0 Å². The Hall–Kier alpha value is -0.750. The summed E-state index contributed by atoms with van der Waals surface area (Å²) >= 11 is 1.75. The maximum Gasteiger partial charge on any atom is 0.244 e. The fourth-order valence-electron chi connectivity index (χ4n) is 1.74. The van der Waals surface area contributed by atoms with E-state index in [0.717, 1.165) is 37.2 Å². The van der Waals surface area contributed by atoms with E-state index in [1.54, 1.807) is 11.8 Å². The third kappa shape index (κ3) is 2.63.